The molecule has 0 aromatic carbocycles. The highest BCUT2D eigenvalue weighted by Gasteiger charge is 2.28. The number of hydrogen-bond acceptors (Lipinski definition) is 4. The quantitative estimate of drug-likeness (QED) is 0.871. The van der Waals surface area contributed by atoms with Crippen LogP contribution >= 0.6 is 0 Å². The van der Waals surface area contributed by atoms with Crippen molar-refractivity contribution in [3.05, 3.63) is 24.0 Å². The predicted molar refractivity (Wildman–Crippen MR) is 82.7 cm³/mol. The third-order valence-corrected chi connectivity index (χ3v) is 3.81. The van der Waals surface area contributed by atoms with E-state index in [4.69, 9.17) is 5.11 Å². The number of aromatic nitrogens is 1. The molecule has 0 saturated carbocycles. The minimum atomic E-state index is -0.836. The van der Waals surface area contributed by atoms with Gasteiger partial charge in [0.05, 0.1) is 23.8 Å². The van der Waals surface area contributed by atoms with Gasteiger partial charge in [0.1, 0.15) is 0 Å². The SMILES string of the molecule is CN(C)c1cccnc1CNC(=O)N1CCCC(C(=O)O)C1. The lowest BCUT2D eigenvalue weighted by Gasteiger charge is -2.30. The Balaban J connectivity index is 1.94. The van der Waals surface area contributed by atoms with Crippen LogP contribution in [0.1, 0.15) is 18.5 Å². The van der Waals surface area contributed by atoms with E-state index in [1.54, 1.807) is 11.1 Å². The van der Waals surface area contributed by atoms with E-state index in [9.17, 15) is 9.59 Å². The van der Waals surface area contributed by atoms with Crippen LogP contribution in [-0.4, -0.2) is 54.2 Å². The zero-order valence-electron chi connectivity index (χ0n) is 13.0. The maximum Gasteiger partial charge on any atom is 0.317 e. The van der Waals surface area contributed by atoms with Crippen LogP contribution in [0.2, 0.25) is 0 Å². The number of amides is 2. The van der Waals surface area contributed by atoms with Crippen molar-refractivity contribution in [2.24, 2.45) is 5.92 Å². The van der Waals surface area contributed by atoms with Crippen molar-refractivity contribution in [3.63, 3.8) is 0 Å². The molecule has 1 aromatic heterocycles. The number of carboxylic acids is 1. The molecule has 7 heteroatoms. The Kier molecular flexibility index (Phi) is 5.19. The lowest BCUT2D eigenvalue weighted by atomic mass is 9.99. The molecule has 1 unspecified atom stereocenters. The van der Waals surface area contributed by atoms with E-state index < -0.39 is 11.9 Å². The molecule has 22 heavy (non-hydrogen) atoms. The van der Waals surface area contributed by atoms with Crippen molar-refractivity contribution in [2.45, 2.75) is 19.4 Å². The fraction of sp³-hybridized carbons (Fsp3) is 0.533. The van der Waals surface area contributed by atoms with Gasteiger partial charge < -0.3 is 20.2 Å². The van der Waals surface area contributed by atoms with Crippen molar-refractivity contribution in [1.82, 2.24) is 15.2 Å². The first-order valence-electron chi connectivity index (χ1n) is 7.36. The first-order chi connectivity index (χ1) is 10.5. The first kappa shape index (κ1) is 16.1. The number of pyridine rings is 1. The zero-order chi connectivity index (χ0) is 16.1. The molecule has 2 N–H and O–H groups in total. The van der Waals surface area contributed by atoms with E-state index >= 15 is 0 Å². The number of nitrogens with zero attached hydrogens (tertiary/aromatic N) is 3. The van der Waals surface area contributed by atoms with Gasteiger partial charge in [-0.2, -0.15) is 0 Å². The van der Waals surface area contributed by atoms with E-state index in [1.807, 2.05) is 31.1 Å². The predicted octanol–water partition coefficient (Wildman–Crippen LogP) is 1.15. The lowest BCUT2D eigenvalue weighted by Crippen LogP contribution is -2.46. The van der Waals surface area contributed by atoms with Gasteiger partial charge >= 0.3 is 12.0 Å². The Morgan fingerprint density at radius 2 is 2.27 bits per heavy atom. The van der Waals surface area contributed by atoms with Crippen molar-refractivity contribution in [2.75, 3.05) is 32.1 Å². The molecule has 120 valence electrons. The molecule has 1 aliphatic rings. The highest BCUT2D eigenvalue weighted by molar-refractivity contribution is 5.76. The van der Waals surface area contributed by atoms with Gasteiger partial charge in [-0.3, -0.25) is 9.78 Å². The lowest BCUT2D eigenvalue weighted by molar-refractivity contribution is -0.143. The molecular formula is C15H22N4O3. The molecular weight excluding hydrogens is 284 g/mol. The van der Waals surface area contributed by atoms with Crippen LogP contribution < -0.4 is 10.2 Å². The minimum absolute atomic E-state index is 0.235. The minimum Gasteiger partial charge on any atom is -0.481 e. The second kappa shape index (κ2) is 7.11. The number of anilines is 1. The van der Waals surface area contributed by atoms with E-state index in [0.29, 0.717) is 19.5 Å². The standard InChI is InChI=1S/C15H22N4O3/c1-18(2)13-6-3-7-16-12(13)9-17-15(22)19-8-4-5-11(10-19)14(20)21/h3,6-7,11H,4-5,8-10H2,1-2H3,(H,17,22)(H,20,21). The third-order valence-electron chi connectivity index (χ3n) is 3.81. The molecule has 0 bridgehead atoms. The Labute approximate surface area is 129 Å². The Hall–Kier alpha value is -2.31. The molecule has 1 aliphatic heterocycles. The monoisotopic (exact) mass is 306 g/mol. The van der Waals surface area contributed by atoms with Crippen LogP contribution in [0.15, 0.2) is 18.3 Å². The summed E-state index contributed by atoms with van der Waals surface area (Å²) in [6, 6.07) is 3.56. The van der Waals surface area contributed by atoms with Crippen LogP contribution in [0.5, 0.6) is 0 Å². The average Bonchev–Trinajstić information content (AvgIpc) is 2.52. The number of carbonyl (C=O) groups excluding carboxylic acids is 1. The normalized spacial score (nSPS) is 17.9. The number of likely N-dealkylation sites (tertiary alicyclic amines) is 1. The number of rotatable bonds is 4. The van der Waals surface area contributed by atoms with Crippen LogP contribution in [0.3, 0.4) is 0 Å². The Bertz CT molecular complexity index is 547. The zero-order valence-corrected chi connectivity index (χ0v) is 13.0. The summed E-state index contributed by atoms with van der Waals surface area (Å²) < 4.78 is 0. The summed E-state index contributed by atoms with van der Waals surface area (Å²) in [5.74, 6) is -1.30. The number of aliphatic carboxylic acids is 1. The van der Waals surface area contributed by atoms with Gasteiger partial charge in [0.2, 0.25) is 0 Å². The van der Waals surface area contributed by atoms with Crippen LogP contribution in [0.25, 0.3) is 0 Å². The second-order valence-electron chi connectivity index (χ2n) is 5.65. The van der Waals surface area contributed by atoms with Crippen molar-refractivity contribution >= 4 is 17.7 Å². The molecule has 1 aromatic rings. The smallest absolute Gasteiger partial charge is 0.317 e. The topological polar surface area (TPSA) is 85.8 Å². The van der Waals surface area contributed by atoms with Gasteiger partial charge in [-0.25, -0.2) is 4.79 Å². The maximum atomic E-state index is 12.2. The molecule has 2 amide bonds. The van der Waals surface area contributed by atoms with Crippen molar-refractivity contribution < 1.29 is 14.7 Å². The third kappa shape index (κ3) is 3.87. The average molecular weight is 306 g/mol. The van der Waals surface area contributed by atoms with Gasteiger partial charge in [-0.1, -0.05) is 0 Å². The number of carbonyl (C=O) groups is 2. The maximum absolute atomic E-state index is 12.2. The van der Waals surface area contributed by atoms with Gasteiger partial charge in [-0.05, 0) is 25.0 Å². The van der Waals surface area contributed by atoms with Crippen molar-refractivity contribution in [3.8, 4) is 0 Å². The molecule has 0 aliphatic carbocycles. The van der Waals surface area contributed by atoms with Crippen LogP contribution in [0, 0.1) is 5.92 Å². The molecule has 1 saturated heterocycles. The fourth-order valence-electron chi connectivity index (χ4n) is 2.61. The summed E-state index contributed by atoms with van der Waals surface area (Å²) in [5, 5.41) is 11.9. The summed E-state index contributed by atoms with van der Waals surface area (Å²) in [5.41, 5.74) is 1.73. The molecule has 0 spiro atoms. The number of hydrogen-bond donors (Lipinski definition) is 2. The summed E-state index contributed by atoms with van der Waals surface area (Å²) in [7, 11) is 3.84. The Morgan fingerprint density at radius 1 is 1.50 bits per heavy atom. The summed E-state index contributed by atoms with van der Waals surface area (Å²) in [6.45, 7) is 1.18. The molecule has 2 heterocycles. The van der Waals surface area contributed by atoms with E-state index in [0.717, 1.165) is 17.8 Å². The summed E-state index contributed by atoms with van der Waals surface area (Å²) in [6.07, 6.45) is 3.04. The number of nitrogens with one attached hydrogen (secondary N) is 1. The Morgan fingerprint density at radius 3 is 2.95 bits per heavy atom. The molecule has 0 radical (unpaired) electrons. The highest BCUT2D eigenvalue weighted by atomic mass is 16.4. The van der Waals surface area contributed by atoms with Gasteiger partial charge in [0.15, 0.2) is 0 Å². The summed E-state index contributed by atoms with van der Waals surface area (Å²) >= 11 is 0. The summed E-state index contributed by atoms with van der Waals surface area (Å²) in [4.78, 5) is 31.1. The molecule has 2 rings (SSSR count). The molecule has 7 nitrogen and oxygen atoms in total. The van der Waals surface area contributed by atoms with E-state index in [-0.39, 0.29) is 12.6 Å². The fourth-order valence-corrected chi connectivity index (χ4v) is 2.61. The first-order valence-corrected chi connectivity index (χ1v) is 7.36. The van der Waals surface area contributed by atoms with Gasteiger partial charge in [0.25, 0.3) is 0 Å². The van der Waals surface area contributed by atoms with Crippen LogP contribution in [0.4, 0.5) is 10.5 Å². The van der Waals surface area contributed by atoms with Crippen molar-refractivity contribution in [1.29, 1.82) is 0 Å². The number of carboxylic acid groups (broad SMARTS) is 1. The van der Waals surface area contributed by atoms with Crippen LogP contribution in [-0.2, 0) is 11.3 Å². The largest absolute Gasteiger partial charge is 0.481 e. The van der Waals surface area contributed by atoms with E-state index in [1.165, 1.54) is 0 Å². The second-order valence-corrected chi connectivity index (χ2v) is 5.65. The van der Waals surface area contributed by atoms with Gasteiger partial charge in [-0.15, -0.1) is 0 Å². The van der Waals surface area contributed by atoms with Gasteiger partial charge in [0, 0.05) is 33.4 Å². The molecule has 1 atom stereocenters. The number of urea groups is 1. The number of piperidine rings is 1. The van der Waals surface area contributed by atoms with E-state index in [2.05, 4.69) is 10.3 Å². The molecule has 1 fully saturated rings. The highest BCUT2D eigenvalue weighted by Crippen LogP contribution is 2.18.